The molecule has 0 spiro atoms. The molecule has 11 heteroatoms. The van der Waals surface area contributed by atoms with E-state index in [1.807, 2.05) is 0 Å². The molecule has 27 heavy (non-hydrogen) atoms. The molecule has 1 aliphatic heterocycles. The van der Waals surface area contributed by atoms with Gasteiger partial charge in [0.1, 0.15) is 15.6 Å². The Labute approximate surface area is 158 Å². The van der Waals surface area contributed by atoms with Gasteiger partial charge in [0.15, 0.2) is 0 Å². The van der Waals surface area contributed by atoms with E-state index in [9.17, 15) is 21.2 Å². The van der Waals surface area contributed by atoms with Crippen LogP contribution in [-0.4, -0.2) is 61.8 Å². The summed E-state index contributed by atoms with van der Waals surface area (Å²) < 4.78 is 67.8. The van der Waals surface area contributed by atoms with Crippen LogP contribution in [0.1, 0.15) is 17.8 Å². The molecule has 1 fully saturated rings. The molecule has 1 aliphatic rings. The van der Waals surface area contributed by atoms with Gasteiger partial charge in [-0.2, -0.15) is 13.7 Å². The average molecular weight is 417 g/mol. The fourth-order valence-corrected chi connectivity index (χ4v) is 6.53. The van der Waals surface area contributed by atoms with E-state index in [1.54, 1.807) is 13.8 Å². The first-order chi connectivity index (χ1) is 12.7. The minimum absolute atomic E-state index is 0.0138. The molecule has 2 heterocycles. The summed E-state index contributed by atoms with van der Waals surface area (Å²) in [7, 11) is -7.84. The summed E-state index contributed by atoms with van der Waals surface area (Å²) in [5, 5.41) is 6.58. The average Bonchev–Trinajstić information content (AvgIpc) is 2.82. The van der Waals surface area contributed by atoms with Crippen LogP contribution >= 0.6 is 0 Å². The summed E-state index contributed by atoms with van der Waals surface area (Å²) in [6.45, 7) is 3.45. The molecule has 0 unspecified atom stereocenters. The molecule has 0 aliphatic carbocycles. The Kier molecular flexibility index (Phi) is 5.39. The minimum atomic E-state index is -4.04. The van der Waals surface area contributed by atoms with Crippen molar-refractivity contribution < 1.29 is 21.2 Å². The van der Waals surface area contributed by atoms with Crippen LogP contribution in [0.5, 0.6) is 0 Å². The Morgan fingerprint density at radius 3 is 2.11 bits per heavy atom. The van der Waals surface area contributed by atoms with Crippen molar-refractivity contribution in [2.45, 2.75) is 30.1 Å². The van der Waals surface area contributed by atoms with E-state index in [1.165, 1.54) is 22.5 Å². The number of aromatic nitrogens is 2. The molecule has 2 aromatic rings. The van der Waals surface area contributed by atoms with Gasteiger partial charge in [-0.05, 0) is 32.4 Å². The first-order valence-corrected chi connectivity index (χ1v) is 11.3. The summed E-state index contributed by atoms with van der Waals surface area (Å²) in [5.74, 6) is -0.823. The van der Waals surface area contributed by atoms with E-state index >= 15 is 0 Å². The van der Waals surface area contributed by atoms with Crippen LogP contribution in [0.3, 0.4) is 0 Å². The second-order valence-corrected chi connectivity index (χ2v) is 10.1. The number of sulfonamides is 2. The maximum atomic E-state index is 14.0. The predicted molar refractivity (Wildman–Crippen MR) is 96.6 cm³/mol. The van der Waals surface area contributed by atoms with Crippen molar-refractivity contribution in [3.05, 3.63) is 41.5 Å². The fraction of sp³-hybridized carbons (Fsp3) is 0.438. The molecule has 1 N–H and O–H groups in total. The van der Waals surface area contributed by atoms with Crippen LogP contribution < -0.4 is 0 Å². The number of aromatic amines is 1. The third-order valence-electron chi connectivity index (χ3n) is 4.53. The quantitative estimate of drug-likeness (QED) is 0.808. The zero-order chi connectivity index (χ0) is 19.8. The smallest absolute Gasteiger partial charge is 0.246 e. The molecule has 3 rings (SSSR count). The second kappa shape index (κ2) is 7.30. The number of hydrogen-bond acceptors (Lipinski definition) is 5. The molecule has 0 atom stereocenters. The van der Waals surface area contributed by atoms with Gasteiger partial charge in [0.2, 0.25) is 20.0 Å². The predicted octanol–water partition coefficient (Wildman–Crippen LogP) is 1.25. The number of nitrogens with zero attached hydrogens (tertiary/aromatic N) is 3. The molecular weight excluding hydrogens is 395 g/mol. The van der Waals surface area contributed by atoms with E-state index in [0.717, 1.165) is 10.4 Å². The van der Waals surface area contributed by atoms with E-state index < -0.39 is 30.8 Å². The highest BCUT2D eigenvalue weighted by atomic mass is 32.2. The number of rotatable bonds is 4. The van der Waals surface area contributed by atoms with E-state index in [0.29, 0.717) is 17.8 Å². The lowest BCUT2D eigenvalue weighted by Crippen LogP contribution is -2.37. The van der Waals surface area contributed by atoms with Crippen LogP contribution in [0.15, 0.2) is 34.1 Å². The zero-order valence-corrected chi connectivity index (χ0v) is 16.6. The number of benzene rings is 1. The van der Waals surface area contributed by atoms with Crippen molar-refractivity contribution in [2.75, 3.05) is 26.2 Å². The van der Waals surface area contributed by atoms with E-state index in [-0.39, 0.29) is 31.1 Å². The highest BCUT2D eigenvalue weighted by Gasteiger charge is 2.34. The van der Waals surface area contributed by atoms with Gasteiger partial charge in [0, 0.05) is 26.2 Å². The van der Waals surface area contributed by atoms with Gasteiger partial charge in [-0.1, -0.05) is 12.1 Å². The van der Waals surface area contributed by atoms with Crippen LogP contribution in [0.4, 0.5) is 4.39 Å². The highest BCUT2D eigenvalue weighted by molar-refractivity contribution is 7.89. The van der Waals surface area contributed by atoms with Crippen LogP contribution in [0, 0.1) is 19.7 Å². The molecule has 0 radical (unpaired) electrons. The van der Waals surface area contributed by atoms with Crippen molar-refractivity contribution in [3.8, 4) is 0 Å². The summed E-state index contributed by atoms with van der Waals surface area (Å²) in [6.07, 6.45) is 0.308. The Bertz CT molecular complexity index is 1030. The van der Waals surface area contributed by atoms with E-state index in [2.05, 4.69) is 10.2 Å². The first kappa shape index (κ1) is 19.9. The van der Waals surface area contributed by atoms with Crippen molar-refractivity contribution in [2.24, 2.45) is 0 Å². The van der Waals surface area contributed by atoms with Gasteiger partial charge >= 0.3 is 0 Å². The zero-order valence-electron chi connectivity index (χ0n) is 15.0. The van der Waals surface area contributed by atoms with Gasteiger partial charge in [-0.25, -0.2) is 21.2 Å². The lowest BCUT2D eigenvalue weighted by molar-refractivity contribution is 0.402. The van der Waals surface area contributed by atoms with Crippen molar-refractivity contribution in [1.29, 1.82) is 0 Å². The summed E-state index contributed by atoms with van der Waals surface area (Å²) >= 11 is 0. The monoisotopic (exact) mass is 416 g/mol. The molecule has 1 saturated heterocycles. The molecular formula is C16H21FN4O4S2. The van der Waals surface area contributed by atoms with Gasteiger partial charge in [-0.3, -0.25) is 5.10 Å². The van der Waals surface area contributed by atoms with Crippen LogP contribution in [-0.2, 0) is 20.0 Å². The Hall–Kier alpha value is -1.82. The van der Waals surface area contributed by atoms with E-state index in [4.69, 9.17) is 0 Å². The lowest BCUT2D eigenvalue weighted by atomic mass is 10.3. The molecule has 0 saturated carbocycles. The van der Waals surface area contributed by atoms with Crippen LogP contribution in [0.25, 0.3) is 0 Å². The van der Waals surface area contributed by atoms with Crippen molar-refractivity contribution in [3.63, 3.8) is 0 Å². The summed E-state index contributed by atoms with van der Waals surface area (Å²) in [4.78, 5) is -0.282. The summed E-state index contributed by atoms with van der Waals surface area (Å²) in [6, 6.07) is 5.17. The third-order valence-corrected chi connectivity index (χ3v) is 8.62. The van der Waals surface area contributed by atoms with Gasteiger partial charge in [-0.15, -0.1) is 0 Å². The SMILES string of the molecule is Cc1n[nH]c(C)c1S(=O)(=O)N1CCCN(S(=O)(=O)c2ccccc2F)CC1. The fourth-order valence-electron chi connectivity index (χ4n) is 3.19. The largest absolute Gasteiger partial charge is 0.281 e. The summed E-state index contributed by atoms with van der Waals surface area (Å²) in [5.41, 5.74) is 0.806. The number of aryl methyl sites for hydroxylation is 2. The maximum Gasteiger partial charge on any atom is 0.246 e. The molecule has 0 amide bonds. The standard InChI is InChI=1S/C16H21FN4O4S2/c1-12-16(13(2)19-18-12)27(24,25)21-9-5-8-20(10-11-21)26(22,23)15-7-4-3-6-14(15)17/h3-4,6-7H,5,8-11H2,1-2H3,(H,18,19). The maximum absolute atomic E-state index is 14.0. The molecule has 0 bridgehead atoms. The van der Waals surface area contributed by atoms with Crippen LogP contribution in [0.2, 0.25) is 0 Å². The van der Waals surface area contributed by atoms with Crippen molar-refractivity contribution in [1.82, 2.24) is 18.8 Å². The first-order valence-electron chi connectivity index (χ1n) is 8.42. The van der Waals surface area contributed by atoms with Gasteiger partial charge in [0.05, 0.1) is 11.4 Å². The number of halogens is 1. The second-order valence-electron chi connectivity index (χ2n) is 6.36. The molecule has 148 valence electrons. The van der Waals surface area contributed by atoms with Gasteiger partial charge < -0.3 is 0 Å². The molecule has 1 aromatic heterocycles. The molecule has 1 aromatic carbocycles. The molecule has 8 nitrogen and oxygen atoms in total. The Balaban J connectivity index is 1.85. The van der Waals surface area contributed by atoms with Crippen molar-refractivity contribution >= 4 is 20.0 Å². The highest BCUT2D eigenvalue weighted by Crippen LogP contribution is 2.25. The number of H-pyrrole nitrogens is 1. The lowest BCUT2D eigenvalue weighted by Gasteiger charge is -2.22. The van der Waals surface area contributed by atoms with Gasteiger partial charge in [0.25, 0.3) is 0 Å². The number of nitrogens with one attached hydrogen (secondary N) is 1. The Morgan fingerprint density at radius 2 is 1.56 bits per heavy atom. The topological polar surface area (TPSA) is 103 Å². The normalized spacial score (nSPS) is 17.7. The Morgan fingerprint density at radius 1 is 0.963 bits per heavy atom. The third kappa shape index (κ3) is 3.64. The minimum Gasteiger partial charge on any atom is -0.281 e. The number of hydrogen-bond donors (Lipinski definition) is 1.